The van der Waals surface area contributed by atoms with Gasteiger partial charge in [-0.05, 0) is 59.3 Å². The predicted molar refractivity (Wildman–Crippen MR) is 68.5 cm³/mol. The zero-order valence-electron chi connectivity index (χ0n) is 10.9. The van der Waals surface area contributed by atoms with Gasteiger partial charge in [0, 0.05) is 0 Å². The molecule has 2 rings (SSSR count). The lowest BCUT2D eigenvalue weighted by Crippen LogP contribution is -2.10. The minimum Gasteiger partial charge on any atom is -0.366 e. The molecule has 0 spiro atoms. The van der Waals surface area contributed by atoms with Crippen molar-refractivity contribution in [1.82, 2.24) is 0 Å². The Morgan fingerprint density at radius 1 is 1.12 bits per heavy atom. The van der Waals surface area contributed by atoms with Crippen molar-refractivity contribution >= 4 is 0 Å². The summed E-state index contributed by atoms with van der Waals surface area (Å²) in [6.45, 7) is 6.78. The van der Waals surface area contributed by atoms with E-state index in [1.54, 1.807) is 0 Å². The third-order valence-corrected chi connectivity index (χ3v) is 4.00. The van der Waals surface area contributed by atoms with Gasteiger partial charge in [0.05, 0.1) is 11.7 Å². The smallest absolute Gasteiger partial charge is 0.0923 e. The fourth-order valence-corrected chi connectivity index (χ4v) is 2.55. The van der Waals surface area contributed by atoms with Gasteiger partial charge in [-0.25, -0.2) is 0 Å². The first-order valence-corrected chi connectivity index (χ1v) is 6.59. The van der Waals surface area contributed by atoms with Gasteiger partial charge in [0.1, 0.15) is 0 Å². The van der Waals surface area contributed by atoms with Crippen LogP contribution in [0.5, 0.6) is 0 Å². The molecule has 0 amide bonds. The Hall–Kier alpha value is -0.560. The number of epoxide rings is 1. The summed E-state index contributed by atoms with van der Waals surface area (Å²) >= 11 is 0. The van der Waals surface area contributed by atoms with E-state index >= 15 is 0 Å². The molecule has 0 bridgehead atoms. The first kappa shape index (κ1) is 11.9. The van der Waals surface area contributed by atoms with Gasteiger partial charge in [-0.3, -0.25) is 0 Å². The summed E-state index contributed by atoms with van der Waals surface area (Å²) in [5, 5.41) is 0. The zero-order chi connectivity index (χ0) is 11.6. The predicted octanol–water partition coefficient (Wildman–Crippen LogP) is 4.39. The third-order valence-electron chi connectivity index (χ3n) is 4.00. The van der Waals surface area contributed by atoms with E-state index in [9.17, 15) is 0 Å². The zero-order valence-corrected chi connectivity index (χ0v) is 10.9. The summed E-state index contributed by atoms with van der Waals surface area (Å²) < 4.78 is 5.85. The van der Waals surface area contributed by atoms with Crippen LogP contribution in [0.3, 0.4) is 0 Å². The van der Waals surface area contributed by atoms with Gasteiger partial charge in [-0.1, -0.05) is 23.3 Å². The first-order chi connectivity index (χ1) is 7.60. The molecule has 0 aromatic heterocycles. The van der Waals surface area contributed by atoms with E-state index in [-0.39, 0.29) is 5.60 Å². The molecule has 1 saturated heterocycles. The summed E-state index contributed by atoms with van der Waals surface area (Å²) in [5.74, 6) is 0. The van der Waals surface area contributed by atoms with Crippen molar-refractivity contribution in [2.24, 2.45) is 0 Å². The lowest BCUT2D eigenvalue weighted by molar-refractivity contribution is 0.294. The van der Waals surface area contributed by atoms with Gasteiger partial charge in [0.15, 0.2) is 0 Å². The molecule has 16 heavy (non-hydrogen) atoms. The largest absolute Gasteiger partial charge is 0.366 e. The van der Waals surface area contributed by atoms with E-state index in [1.165, 1.54) is 49.7 Å². The molecule has 0 saturated carbocycles. The van der Waals surface area contributed by atoms with Crippen molar-refractivity contribution in [2.45, 2.75) is 71.0 Å². The fraction of sp³-hybridized carbons (Fsp3) is 0.733. The van der Waals surface area contributed by atoms with Crippen molar-refractivity contribution in [3.63, 3.8) is 0 Å². The maximum Gasteiger partial charge on any atom is 0.0923 e. The summed E-state index contributed by atoms with van der Waals surface area (Å²) in [6.07, 6.45) is 12.5. The molecule has 0 radical (unpaired) electrons. The highest BCUT2D eigenvalue weighted by Gasteiger charge is 2.50. The number of hydrogen-bond acceptors (Lipinski definition) is 1. The van der Waals surface area contributed by atoms with Crippen LogP contribution in [0.25, 0.3) is 0 Å². The average Bonchev–Trinajstić information content (AvgIpc) is 2.86. The minimum absolute atomic E-state index is 0.191. The van der Waals surface area contributed by atoms with E-state index < -0.39 is 0 Å². The molecule has 0 N–H and O–H groups in total. The van der Waals surface area contributed by atoms with Crippen molar-refractivity contribution in [3.8, 4) is 0 Å². The maximum atomic E-state index is 5.85. The van der Waals surface area contributed by atoms with Gasteiger partial charge < -0.3 is 4.74 Å². The highest BCUT2D eigenvalue weighted by molar-refractivity contribution is 5.09. The summed E-state index contributed by atoms with van der Waals surface area (Å²) in [5.41, 5.74) is 3.26. The van der Waals surface area contributed by atoms with Gasteiger partial charge in [-0.2, -0.15) is 0 Å². The lowest BCUT2D eigenvalue weighted by atomic mass is 9.94. The van der Waals surface area contributed by atoms with Crippen LogP contribution in [0.15, 0.2) is 23.3 Å². The minimum atomic E-state index is 0.191. The van der Waals surface area contributed by atoms with E-state index in [0.717, 1.165) is 0 Å². The average molecular weight is 220 g/mol. The van der Waals surface area contributed by atoms with Crippen LogP contribution in [0.4, 0.5) is 0 Å². The Labute approximate surface area is 99.6 Å². The van der Waals surface area contributed by atoms with Crippen LogP contribution in [-0.2, 0) is 4.74 Å². The lowest BCUT2D eigenvalue weighted by Gasteiger charge is -2.08. The van der Waals surface area contributed by atoms with Crippen LogP contribution >= 0.6 is 0 Å². The van der Waals surface area contributed by atoms with Crippen LogP contribution in [0.1, 0.15) is 59.3 Å². The molecule has 1 nitrogen and oxygen atoms in total. The van der Waals surface area contributed by atoms with Crippen LogP contribution < -0.4 is 0 Å². The van der Waals surface area contributed by atoms with Gasteiger partial charge in [0.25, 0.3) is 0 Å². The molecule has 90 valence electrons. The molecule has 2 unspecified atom stereocenters. The molecule has 1 aliphatic heterocycles. The van der Waals surface area contributed by atoms with Crippen molar-refractivity contribution in [2.75, 3.05) is 0 Å². The van der Waals surface area contributed by atoms with E-state index in [1.807, 2.05) is 0 Å². The normalized spacial score (nSPS) is 36.3. The Morgan fingerprint density at radius 2 is 1.81 bits per heavy atom. The Bertz CT molecular complexity index is 313. The highest BCUT2D eigenvalue weighted by Crippen LogP contribution is 2.43. The molecule has 1 aliphatic carbocycles. The number of allylic oxidation sites excluding steroid dienone is 4. The van der Waals surface area contributed by atoms with Crippen LogP contribution in [0, 0.1) is 0 Å². The number of rotatable bonds is 0. The molecule has 1 heterocycles. The Morgan fingerprint density at radius 3 is 2.62 bits per heavy atom. The summed E-state index contributed by atoms with van der Waals surface area (Å²) in [6, 6.07) is 0. The van der Waals surface area contributed by atoms with Crippen molar-refractivity contribution < 1.29 is 4.74 Å². The van der Waals surface area contributed by atoms with E-state index in [4.69, 9.17) is 4.74 Å². The van der Waals surface area contributed by atoms with Crippen molar-refractivity contribution in [3.05, 3.63) is 23.3 Å². The second-order valence-corrected chi connectivity index (χ2v) is 5.64. The Balaban J connectivity index is 1.99. The maximum absolute atomic E-state index is 5.85. The van der Waals surface area contributed by atoms with Crippen LogP contribution in [0.2, 0.25) is 0 Å². The fourth-order valence-electron chi connectivity index (χ4n) is 2.55. The molecular weight excluding hydrogens is 196 g/mol. The Kier molecular flexibility index (Phi) is 3.53. The standard InChI is InChI=1S/C15H24O/c1-12-6-4-7-13(2)10-11-15(3)14(16-15)9-5-8-12/h7-8,14H,4-6,9-11H2,1-3H3. The second-order valence-electron chi connectivity index (χ2n) is 5.64. The number of fused-ring (bicyclic) bond motifs is 1. The topological polar surface area (TPSA) is 12.5 Å². The van der Waals surface area contributed by atoms with Gasteiger partial charge >= 0.3 is 0 Å². The van der Waals surface area contributed by atoms with E-state index in [0.29, 0.717) is 6.10 Å². The summed E-state index contributed by atoms with van der Waals surface area (Å²) in [7, 11) is 0. The third kappa shape index (κ3) is 2.98. The highest BCUT2D eigenvalue weighted by atomic mass is 16.6. The number of hydrogen-bond donors (Lipinski definition) is 0. The first-order valence-electron chi connectivity index (χ1n) is 6.59. The second kappa shape index (κ2) is 4.75. The quantitative estimate of drug-likeness (QED) is 0.435. The SMILES string of the molecule is CC1=CCCC2OC2(C)CCC(C)=CCC1. The van der Waals surface area contributed by atoms with E-state index in [2.05, 4.69) is 32.9 Å². The van der Waals surface area contributed by atoms with Crippen LogP contribution in [-0.4, -0.2) is 11.7 Å². The molecule has 2 aliphatic rings. The molecule has 0 aromatic carbocycles. The monoisotopic (exact) mass is 220 g/mol. The summed E-state index contributed by atoms with van der Waals surface area (Å²) in [4.78, 5) is 0. The van der Waals surface area contributed by atoms with Crippen molar-refractivity contribution in [1.29, 1.82) is 0 Å². The molecular formula is C15H24O. The molecule has 2 atom stereocenters. The number of ether oxygens (including phenoxy) is 1. The van der Waals surface area contributed by atoms with Gasteiger partial charge in [-0.15, -0.1) is 0 Å². The van der Waals surface area contributed by atoms with Gasteiger partial charge in [0.2, 0.25) is 0 Å². The molecule has 1 heteroatoms. The molecule has 0 aromatic rings. The molecule has 1 fully saturated rings.